The Balaban J connectivity index is 2.24. The molecule has 2 N–H and O–H groups in total. The lowest BCUT2D eigenvalue weighted by molar-refractivity contribution is 0.411. The maximum atomic E-state index is 6.39. The molecule has 0 aliphatic carbocycles. The molecule has 2 rings (SSSR count). The third-order valence-electron chi connectivity index (χ3n) is 3.67. The molecule has 0 bridgehead atoms. The maximum absolute atomic E-state index is 6.39. The summed E-state index contributed by atoms with van der Waals surface area (Å²) in [7, 11) is 1.69. The van der Waals surface area contributed by atoms with Gasteiger partial charge in [-0.05, 0) is 29.7 Å². The van der Waals surface area contributed by atoms with Gasteiger partial charge in [0.05, 0.1) is 7.11 Å². The van der Waals surface area contributed by atoms with Crippen LogP contribution in [0, 0.1) is 6.92 Å². The Morgan fingerprint density at radius 1 is 1.00 bits per heavy atom. The largest absolute Gasteiger partial charge is 0.496 e. The van der Waals surface area contributed by atoms with Gasteiger partial charge in [0, 0.05) is 12.0 Å². The molecule has 19 heavy (non-hydrogen) atoms. The summed E-state index contributed by atoms with van der Waals surface area (Å²) in [5, 5.41) is 0. The normalized spacial score (nSPS) is 13.9. The fourth-order valence-corrected chi connectivity index (χ4v) is 2.36. The van der Waals surface area contributed by atoms with Crippen molar-refractivity contribution in [1.82, 2.24) is 0 Å². The first-order valence-corrected chi connectivity index (χ1v) is 6.58. The Morgan fingerprint density at radius 3 is 2.26 bits per heavy atom. The highest BCUT2D eigenvalue weighted by atomic mass is 16.5. The van der Waals surface area contributed by atoms with Crippen molar-refractivity contribution < 1.29 is 4.74 Å². The predicted octanol–water partition coefficient (Wildman–Crippen LogP) is 3.81. The zero-order valence-corrected chi connectivity index (χ0v) is 11.8. The van der Waals surface area contributed by atoms with E-state index in [0.29, 0.717) is 0 Å². The van der Waals surface area contributed by atoms with Gasteiger partial charge in [-0.3, -0.25) is 0 Å². The van der Waals surface area contributed by atoms with E-state index in [1.54, 1.807) is 7.11 Å². The lowest BCUT2D eigenvalue weighted by atomic mass is 9.88. The number of hydrogen-bond donors (Lipinski definition) is 1. The van der Waals surface area contributed by atoms with E-state index in [0.717, 1.165) is 16.9 Å². The molecule has 0 radical (unpaired) electrons. The minimum Gasteiger partial charge on any atom is -0.496 e. The smallest absolute Gasteiger partial charge is 0.121 e. The quantitative estimate of drug-likeness (QED) is 0.901. The molecule has 2 atom stereocenters. The van der Waals surface area contributed by atoms with Crippen LogP contribution in [0.1, 0.15) is 35.6 Å². The summed E-state index contributed by atoms with van der Waals surface area (Å²) in [6, 6.07) is 16.5. The Labute approximate surface area is 115 Å². The molecular weight excluding hydrogens is 234 g/mol. The van der Waals surface area contributed by atoms with Crippen LogP contribution in [0.3, 0.4) is 0 Å². The van der Waals surface area contributed by atoms with Gasteiger partial charge in [0.2, 0.25) is 0 Å². The minimum atomic E-state index is -0.00740. The van der Waals surface area contributed by atoms with E-state index in [-0.39, 0.29) is 12.0 Å². The average Bonchev–Trinajstić information content (AvgIpc) is 2.46. The highest BCUT2D eigenvalue weighted by molar-refractivity contribution is 5.38. The van der Waals surface area contributed by atoms with Gasteiger partial charge in [-0.2, -0.15) is 0 Å². The van der Waals surface area contributed by atoms with E-state index < -0.39 is 0 Å². The topological polar surface area (TPSA) is 35.2 Å². The Bertz CT molecular complexity index is 536. The molecule has 0 amide bonds. The van der Waals surface area contributed by atoms with Crippen molar-refractivity contribution in [2.45, 2.75) is 25.8 Å². The summed E-state index contributed by atoms with van der Waals surface area (Å²) in [4.78, 5) is 0. The van der Waals surface area contributed by atoms with Crippen LogP contribution >= 0.6 is 0 Å². The Kier molecular flexibility index (Phi) is 4.23. The molecule has 0 fully saturated rings. The molecule has 2 aromatic carbocycles. The average molecular weight is 255 g/mol. The lowest BCUT2D eigenvalue weighted by Crippen LogP contribution is -2.17. The minimum absolute atomic E-state index is 0.00740. The van der Waals surface area contributed by atoms with Crippen LogP contribution in [0.25, 0.3) is 0 Å². The SMILES string of the molecule is COc1ccc(C(N)C(C)c2ccccc2)cc1C. The van der Waals surface area contributed by atoms with E-state index in [9.17, 15) is 0 Å². The fraction of sp³-hybridized carbons (Fsp3) is 0.294. The Morgan fingerprint density at radius 2 is 1.68 bits per heavy atom. The summed E-state index contributed by atoms with van der Waals surface area (Å²) < 4.78 is 5.28. The first-order chi connectivity index (χ1) is 9.13. The number of nitrogens with two attached hydrogens (primary N) is 1. The van der Waals surface area contributed by atoms with Gasteiger partial charge in [0.25, 0.3) is 0 Å². The summed E-state index contributed by atoms with van der Waals surface area (Å²) in [6.45, 7) is 4.21. The van der Waals surface area contributed by atoms with E-state index in [1.807, 2.05) is 19.1 Å². The van der Waals surface area contributed by atoms with Crippen molar-refractivity contribution in [3.63, 3.8) is 0 Å². The van der Waals surface area contributed by atoms with Crippen LogP contribution in [0.4, 0.5) is 0 Å². The fourth-order valence-electron chi connectivity index (χ4n) is 2.36. The number of rotatable bonds is 4. The number of hydrogen-bond acceptors (Lipinski definition) is 2. The van der Waals surface area contributed by atoms with Gasteiger partial charge in [0.1, 0.15) is 5.75 Å². The molecule has 0 aromatic heterocycles. The second kappa shape index (κ2) is 5.89. The van der Waals surface area contributed by atoms with Gasteiger partial charge < -0.3 is 10.5 Å². The van der Waals surface area contributed by atoms with E-state index in [2.05, 4.69) is 43.3 Å². The molecule has 2 aromatic rings. The first kappa shape index (κ1) is 13.6. The van der Waals surface area contributed by atoms with E-state index in [1.165, 1.54) is 5.56 Å². The third kappa shape index (κ3) is 2.96. The van der Waals surface area contributed by atoms with Crippen LogP contribution in [-0.2, 0) is 0 Å². The highest BCUT2D eigenvalue weighted by Gasteiger charge is 2.17. The zero-order chi connectivity index (χ0) is 13.8. The number of aryl methyl sites for hydroxylation is 1. The van der Waals surface area contributed by atoms with E-state index >= 15 is 0 Å². The van der Waals surface area contributed by atoms with Crippen molar-refractivity contribution in [3.05, 3.63) is 65.2 Å². The molecule has 0 spiro atoms. The van der Waals surface area contributed by atoms with Gasteiger partial charge in [-0.25, -0.2) is 0 Å². The zero-order valence-electron chi connectivity index (χ0n) is 11.8. The second-order valence-electron chi connectivity index (χ2n) is 4.95. The molecule has 0 saturated heterocycles. The van der Waals surface area contributed by atoms with Crippen LogP contribution in [0.15, 0.2) is 48.5 Å². The summed E-state index contributed by atoms with van der Waals surface area (Å²) >= 11 is 0. The van der Waals surface area contributed by atoms with Gasteiger partial charge in [-0.1, -0.05) is 49.4 Å². The van der Waals surface area contributed by atoms with Crippen molar-refractivity contribution in [3.8, 4) is 5.75 Å². The van der Waals surface area contributed by atoms with Crippen molar-refractivity contribution in [2.75, 3.05) is 7.11 Å². The van der Waals surface area contributed by atoms with Crippen molar-refractivity contribution >= 4 is 0 Å². The van der Waals surface area contributed by atoms with Gasteiger partial charge >= 0.3 is 0 Å². The van der Waals surface area contributed by atoms with Crippen LogP contribution < -0.4 is 10.5 Å². The van der Waals surface area contributed by atoms with Crippen molar-refractivity contribution in [1.29, 1.82) is 0 Å². The number of methoxy groups -OCH3 is 1. The van der Waals surface area contributed by atoms with Crippen LogP contribution in [0.5, 0.6) is 5.75 Å². The first-order valence-electron chi connectivity index (χ1n) is 6.58. The standard InChI is InChI=1S/C17H21NO/c1-12-11-15(9-10-16(12)19-3)17(18)13(2)14-7-5-4-6-8-14/h4-11,13,17H,18H2,1-3H3. The van der Waals surface area contributed by atoms with Crippen LogP contribution in [0.2, 0.25) is 0 Å². The van der Waals surface area contributed by atoms with Gasteiger partial charge in [-0.15, -0.1) is 0 Å². The van der Waals surface area contributed by atoms with Crippen molar-refractivity contribution in [2.24, 2.45) is 5.73 Å². The summed E-state index contributed by atoms with van der Waals surface area (Å²) in [6.07, 6.45) is 0. The highest BCUT2D eigenvalue weighted by Crippen LogP contribution is 2.30. The van der Waals surface area contributed by atoms with Gasteiger partial charge in [0.15, 0.2) is 0 Å². The molecule has 0 aliphatic rings. The van der Waals surface area contributed by atoms with Crippen LogP contribution in [-0.4, -0.2) is 7.11 Å². The molecule has 2 unspecified atom stereocenters. The molecule has 2 heteroatoms. The lowest BCUT2D eigenvalue weighted by Gasteiger charge is -2.21. The third-order valence-corrected chi connectivity index (χ3v) is 3.67. The summed E-state index contributed by atoms with van der Waals surface area (Å²) in [5.74, 6) is 1.19. The number of benzene rings is 2. The summed E-state index contributed by atoms with van der Waals surface area (Å²) in [5.41, 5.74) is 9.93. The maximum Gasteiger partial charge on any atom is 0.121 e. The molecule has 0 heterocycles. The molecular formula is C17H21NO. The van der Waals surface area contributed by atoms with E-state index in [4.69, 9.17) is 10.5 Å². The molecule has 0 saturated carbocycles. The predicted molar refractivity (Wildman–Crippen MR) is 79.5 cm³/mol. The molecule has 2 nitrogen and oxygen atoms in total. The number of ether oxygens (including phenoxy) is 1. The Hall–Kier alpha value is -1.80. The second-order valence-corrected chi connectivity index (χ2v) is 4.95. The molecule has 100 valence electrons. The molecule has 0 aliphatic heterocycles. The monoisotopic (exact) mass is 255 g/mol.